The van der Waals surface area contributed by atoms with Gasteiger partial charge in [0.25, 0.3) is 5.91 Å². The molecule has 1 aliphatic rings. The summed E-state index contributed by atoms with van der Waals surface area (Å²) in [6, 6.07) is 24.3. The smallest absolute Gasteiger partial charge is 0.265 e. The summed E-state index contributed by atoms with van der Waals surface area (Å²) in [5.74, 6) is 1.09. The molecule has 3 aromatic rings. The molecule has 4 rings (SSSR count). The third kappa shape index (κ3) is 4.78. The summed E-state index contributed by atoms with van der Waals surface area (Å²) in [4.78, 5) is 26.3. The van der Waals surface area contributed by atoms with Gasteiger partial charge in [-0.2, -0.15) is 0 Å². The van der Waals surface area contributed by atoms with Gasteiger partial charge >= 0.3 is 0 Å². The van der Waals surface area contributed by atoms with E-state index in [0.29, 0.717) is 36.7 Å². The second-order valence-electron chi connectivity index (χ2n) is 6.89. The minimum atomic E-state index is -0.125. The van der Waals surface area contributed by atoms with Gasteiger partial charge in [0.15, 0.2) is 6.61 Å². The van der Waals surface area contributed by atoms with E-state index in [4.69, 9.17) is 9.47 Å². The van der Waals surface area contributed by atoms with Crippen molar-refractivity contribution in [2.75, 3.05) is 30.0 Å². The number of rotatable bonds is 7. The minimum Gasteiger partial charge on any atom is -0.492 e. The average Bonchev–Trinajstić information content (AvgIpc) is 2.77. The van der Waals surface area contributed by atoms with E-state index in [1.807, 2.05) is 60.7 Å². The van der Waals surface area contributed by atoms with Gasteiger partial charge in [0.2, 0.25) is 5.91 Å². The van der Waals surface area contributed by atoms with E-state index in [-0.39, 0.29) is 18.4 Å². The summed E-state index contributed by atoms with van der Waals surface area (Å²) in [7, 11) is 0. The Morgan fingerprint density at radius 2 is 1.73 bits per heavy atom. The van der Waals surface area contributed by atoms with Gasteiger partial charge in [-0.15, -0.1) is 0 Å². The van der Waals surface area contributed by atoms with Crippen LogP contribution in [0.1, 0.15) is 5.56 Å². The fourth-order valence-corrected chi connectivity index (χ4v) is 3.29. The lowest BCUT2D eigenvalue weighted by Crippen LogP contribution is -2.41. The topological polar surface area (TPSA) is 67.9 Å². The van der Waals surface area contributed by atoms with Crippen molar-refractivity contribution in [1.29, 1.82) is 0 Å². The maximum absolute atomic E-state index is 12.3. The molecule has 1 heterocycles. The molecule has 152 valence electrons. The Hall–Kier alpha value is -3.80. The van der Waals surface area contributed by atoms with Crippen molar-refractivity contribution in [2.24, 2.45) is 0 Å². The minimum absolute atomic E-state index is 0.0419. The first-order valence-corrected chi connectivity index (χ1v) is 9.78. The maximum atomic E-state index is 12.3. The zero-order valence-corrected chi connectivity index (χ0v) is 16.4. The number of nitrogens with one attached hydrogen (secondary N) is 1. The Bertz CT molecular complexity index is 1020. The van der Waals surface area contributed by atoms with Gasteiger partial charge in [0, 0.05) is 11.8 Å². The number of ether oxygens (including phenoxy) is 2. The van der Waals surface area contributed by atoms with Crippen molar-refractivity contribution in [1.82, 2.24) is 0 Å². The summed E-state index contributed by atoms with van der Waals surface area (Å²) in [6.45, 7) is 0.730. The van der Waals surface area contributed by atoms with Crippen molar-refractivity contribution < 1.29 is 19.1 Å². The highest BCUT2D eigenvalue weighted by Gasteiger charge is 2.25. The van der Waals surface area contributed by atoms with Crippen LogP contribution in [0.2, 0.25) is 0 Å². The van der Waals surface area contributed by atoms with E-state index in [2.05, 4.69) is 5.32 Å². The average molecular weight is 402 g/mol. The molecule has 0 radical (unpaired) electrons. The number of carbonyl (C=O) groups is 2. The zero-order valence-electron chi connectivity index (χ0n) is 16.4. The normalized spacial score (nSPS) is 12.7. The van der Waals surface area contributed by atoms with Gasteiger partial charge in [-0.25, -0.2) is 0 Å². The van der Waals surface area contributed by atoms with E-state index < -0.39 is 0 Å². The number of nitrogens with zero attached hydrogens (tertiary/aromatic N) is 1. The van der Waals surface area contributed by atoms with E-state index in [0.717, 1.165) is 11.3 Å². The van der Waals surface area contributed by atoms with Crippen LogP contribution in [0.15, 0.2) is 78.9 Å². The molecule has 6 nitrogen and oxygen atoms in total. The molecule has 2 amide bonds. The number of hydrogen-bond donors (Lipinski definition) is 1. The van der Waals surface area contributed by atoms with Crippen LogP contribution in [0.3, 0.4) is 0 Å². The predicted octanol–water partition coefficient (Wildman–Crippen LogP) is 3.67. The monoisotopic (exact) mass is 402 g/mol. The van der Waals surface area contributed by atoms with Crippen LogP contribution in [0.25, 0.3) is 0 Å². The Morgan fingerprint density at radius 3 is 2.50 bits per heavy atom. The first-order valence-electron chi connectivity index (χ1n) is 9.78. The Balaban J connectivity index is 1.40. The summed E-state index contributed by atoms with van der Waals surface area (Å²) in [6.07, 6.45) is 0.292. The lowest BCUT2D eigenvalue weighted by Gasteiger charge is -2.29. The first kappa shape index (κ1) is 19.5. The Labute approximate surface area is 175 Å². The number of benzene rings is 3. The number of fused-ring (bicyclic) bond motifs is 1. The predicted molar refractivity (Wildman–Crippen MR) is 115 cm³/mol. The van der Waals surface area contributed by atoms with Gasteiger partial charge in [-0.05, 0) is 29.8 Å². The Morgan fingerprint density at radius 1 is 1.00 bits per heavy atom. The largest absolute Gasteiger partial charge is 0.492 e. The Kier molecular flexibility index (Phi) is 5.94. The van der Waals surface area contributed by atoms with Crippen molar-refractivity contribution in [3.63, 3.8) is 0 Å². The standard InChI is InChI=1S/C24H22N2O4/c27-23(15-18-7-3-1-4-8-18)25-19-11-12-21-22(16-19)30-17-24(28)26(21)13-14-29-20-9-5-2-6-10-20/h1-12,16H,13-15,17H2,(H,25,27). The SMILES string of the molecule is O=C(Cc1ccccc1)Nc1ccc2c(c1)OCC(=O)N2CCOc1ccccc1. The van der Waals surface area contributed by atoms with E-state index in [1.165, 1.54) is 0 Å². The van der Waals surface area contributed by atoms with Crippen LogP contribution >= 0.6 is 0 Å². The van der Waals surface area contributed by atoms with E-state index in [1.54, 1.807) is 23.1 Å². The molecule has 6 heteroatoms. The molecule has 0 unspecified atom stereocenters. The fourth-order valence-electron chi connectivity index (χ4n) is 3.29. The quantitative estimate of drug-likeness (QED) is 0.655. The summed E-state index contributed by atoms with van der Waals surface area (Å²) < 4.78 is 11.3. The molecule has 0 atom stereocenters. The molecule has 0 aliphatic carbocycles. The molecule has 3 aromatic carbocycles. The number of hydrogen-bond acceptors (Lipinski definition) is 4. The lowest BCUT2D eigenvalue weighted by molar-refractivity contribution is -0.121. The van der Waals surface area contributed by atoms with Crippen LogP contribution < -0.4 is 19.7 Å². The number of anilines is 2. The molecule has 0 saturated carbocycles. The molecular weight excluding hydrogens is 380 g/mol. The van der Waals surface area contributed by atoms with Crippen LogP contribution in [-0.4, -0.2) is 31.6 Å². The highest BCUT2D eigenvalue weighted by atomic mass is 16.5. The van der Waals surface area contributed by atoms with Crippen molar-refractivity contribution >= 4 is 23.2 Å². The molecule has 0 saturated heterocycles. The second kappa shape index (κ2) is 9.13. The third-order valence-electron chi connectivity index (χ3n) is 4.72. The van der Waals surface area contributed by atoms with Crippen molar-refractivity contribution in [3.05, 3.63) is 84.4 Å². The van der Waals surface area contributed by atoms with Crippen molar-refractivity contribution in [2.45, 2.75) is 6.42 Å². The van der Waals surface area contributed by atoms with E-state index >= 15 is 0 Å². The van der Waals surface area contributed by atoms with Gasteiger partial charge in [-0.3, -0.25) is 9.59 Å². The number of carbonyl (C=O) groups excluding carboxylic acids is 2. The van der Waals surface area contributed by atoms with Gasteiger partial charge in [0.05, 0.1) is 18.7 Å². The summed E-state index contributed by atoms with van der Waals surface area (Å²) in [5, 5.41) is 2.88. The molecule has 0 fully saturated rings. The fraction of sp³-hybridized carbons (Fsp3) is 0.167. The lowest BCUT2D eigenvalue weighted by atomic mass is 10.1. The first-order chi connectivity index (χ1) is 14.7. The second-order valence-corrected chi connectivity index (χ2v) is 6.89. The van der Waals surface area contributed by atoms with Gasteiger partial charge in [-0.1, -0.05) is 48.5 Å². The molecule has 0 bridgehead atoms. The highest BCUT2D eigenvalue weighted by molar-refractivity contribution is 5.99. The number of amides is 2. The maximum Gasteiger partial charge on any atom is 0.265 e. The molecular formula is C24H22N2O4. The highest BCUT2D eigenvalue weighted by Crippen LogP contribution is 2.34. The van der Waals surface area contributed by atoms with Crippen LogP contribution in [-0.2, 0) is 16.0 Å². The van der Waals surface area contributed by atoms with Crippen molar-refractivity contribution in [3.8, 4) is 11.5 Å². The van der Waals surface area contributed by atoms with Crippen LogP contribution in [0.4, 0.5) is 11.4 Å². The van der Waals surface area contributed by atoms with Gasteiger partial charge in [0.1, 0.15) is 18.1 Å². The molecule has 0 aromatic heterocycles. The van der Waals surface area contributed by atoms with Crippen LogP contribution in [0.5, 0.6) is 11.5 Å². The zero-order chi connectivity index (χ0) is 20.8. The molecule has 1 N–H and O–H groups in total. The third-order valence-corrected chi connectivity index (χ3v) is 4.72. The van der Waals surface area contributed by atoms with E-state index in [9.17, 15) is 9.59 Å². The number of para-hydroxylation sites is 1. The molecule has 1 aliphatic heterocycles. The summed E-state index contributed by atoms with van der Waals surface area (Å²) >= 11 is 0. The van der Waals surface area contributed by atoms with Crippen LogP contribution in [0, 0.1) is 0 Å². The summed E-state index contributed by atoms with van der Waals surface area (Å²) in [5.41, 5.74) is 2.24. The molecule has 0 spiro atoms. The molecule has 30 heavy (non-hydrogen) atoms. The van der Waals surface area contributed by atoms with Gasteiger partial charge < -0.3 is 19.7 Å².